The number of fused-ring (bicyclic) bond motifs is 1. The molecule has 1 amide bonds. The average molecular weight is 426 g/mol. The summed E-state index contributed by atoms with van der Waals surface area (Å²) in [7, 11) is 0. The first-order chi connectivity index (χ1) is 13.8. The van der Waals surface area contributed by atoms with Gasteiger partial charge in [-0.05, 0) is 18.9 Å². The number of pyridine rings is 1. The molecule has 3 aromatic heterocycles. The van der Waals surface area contributed by atoms with Crippen LogP contribution in [0.25, 0.3) is 22.4 Å². The summed E-state index contributed by atoms with van der Waals surface area (Å²) in [4.78, 5) is 33.8. The van der Waals surface area contributed by atoms with Crippen LogP contribution in [0.2, 0.25) is 5.02 Å². The quantitative estimate of drug-likeness (QED) is 0.666. The molecule has 4 rings (SSSR count). The number of rotatable bonds is 4. The molecule has 12 heteroatoms. The Bertz CT molecular complexity index is 1050. The van der Waals surface area contributed by atoms with Crippen molar-refractivity contribution in [3.63, 3.8) is 0 Å². The van der Waals surface area contributed by atoms with Crippen molar-refractivity contribution in [2.75, 3.05) is 18.0 Å². The third kappa shape index (κ3) is 4.09. The average Bonchev–Trinajstić information content (AvgIpc) is 3.32. The zero-order valence-electron chi connectivity index (χ0n) is 14.9. The fraction of sp³-hybridized carbons (Fsp3) is 0.353. The summed E-state index contributed by atoms with van der Waals surface area (Å²) >= 11 is 6.02. The van der Waals surface area contributed by atoms with Gasteiger partial charge in [0.2, 0.25) is 11.9 Å². The maximum Gasteiger partial charge on any atom is 0.405 e. The predicted molar refractivity (Wildman–Crippen MR) is 99.4 cm³/mol. The first-order valence-electron chi connectivity index (χ1n) is 8.75. The number of hydrogen-bond donors (Lipinski definition) is 2. The largest absolute Gasteiger partial charge is 0.405 e. The summed E-state index contributed by atoms with van der Waals surface area (Å²) in [5.74, 6) is -0.138. The molecular formula is C17H15ClF3N7O. The number of H-pyrrole nitrogens is 1. The van der Waals surface area contributed by atoms with Crippen LogP contribution in [-0.4, -0.2) is 56.1 Å². The molecule has 0 spiro atoms. The number of carbonyl (C=O) groups is 1. The number of nitrogens with zero attached hydrogens (tertiary/aromatic N) is 5. The molecule has 0 radical (unpaired) electrons. The van der Waals surface area contributed by atoms with E-state index >= 15 is 0 Å². The van der Waals surface area contributed by atoms with Crippen LogP contribution in [-0.2, 0) is 4.79 Å². The van der Waals surface area contributed by atoms with Crippen molar-refractivity contribution in [2.45, 2.75) is 25.1 Å². The van der Waals surface area contributed by atoms with E-state index in [4.69, 9.17) is 11.6 Å². The van der Waals surface area contributed by atoms with E-state index in [2.05, 4.69) is 24.9 Å². The molecule has 1 saturated heterocycles. The first kappa shape index (κ1) is 19.4. The van der Waals surface area contributed by atoms with Gasteiger partial charge in [-0.3, -0.25) is 4.79 Å². The SMILES string of the molecule is O=C(NCC(F)(F)F)[C@@H]1CCCN1c1ncnc(-c2c[nH]c3ncc(Cl)cc23)n1. The van der Waals surface area contributed by atoms with Crippen LogP contribution in [0.3, 0.4) is 0 Å². The lowest BCUT2D eigenvalue weighted by molar-refractivity contribution is -0.139. The van der Waals surface area contributed by atoms with Crippen LogP contribution in [0.1, 0.15) is 12.8 Å². The Hall–Kier alpha value is -2.95. The Morgan fingerprint density at radius 2 is 2.17 bits per heavy atom. The predicted octanol–water partition coefficient (Wildman–Crippen LogP) is 2.72. The van der Waals surface area contributed by atoms with Crippen molar-refractivity contribution in [3.05, 3.63) is 29.8 Å². The molecule has 3 aromatic rings. The molecule has 4 heterocycles. The number of hydrogen-bond acceptors (Lipinski definition) is 6. The summed E-state index contributed by atoms with van der Waals surface area (Å²) < 4.78 is 37.2. The fourth-order valence-corrected chi connectivity index (χ4v) is 3.46. The van der Waals surface area contributed by atoms with Crippen molar-refractivity contribution in [3.8, 4) is 11.4 Å². The van der Waals surface area contributed by atoms with Gasteiger partial charge in [-0.1, -0.05) is 11.6 Å². The summed E-state index contributed by atoms with van der Waals surface area (Å²) in [6, 6.07) is 0.953. The van der Waals surface area contributed by atoms with E-state index in [0.717, 1.165) is 5.39 Å². The molecule has 1 atom stereocenters. The van der Waals surface area contributed by atoms with Gasteiger partial charge in [0.1, 0.15) is 24.6 Å². The van der Waals surface area contributed by atoms with Gasteiger partial charge >= 0.3 is 6.18 Å². The highest BCUT2D eigenvalue weighted by molar-refractivity contribution is 6.31. The van der Waals surface area contributed by atoms with Gasteiger partial charge in [0, 0.05) is 29.9 Å². The third-order valence-corrected chi connectivity index (χ3v) is 4.78. The van der Waals surface area contributed by atoms with Gasteiger partial charge in [0.15, 0.2) is 5.82 Å². The van der Waals surface area contributed by atoms with E-state index in [-0.39, 0.29) is 5.95 Å². The lowest BCUT2D eigenvalue weighted by Crippen LogP contribution is -2.46. The van der Waals surface area contributed by atoms with Gasteiger partial charge in [-0.25, -0.2) is 15.0 Å². The van der Waals surface area contributed by atoms with Crippen molar-refractivity contribution >= 4 is 34.5 Å². The minimum atomic E-state index is -4.47. The minimum absolute atomic E-state index is 0.226. The third-order valence-electron chi connectivity index (χ3n) is 4.57. The summed E-state index contributed by atoms with van der Waals surface area (Å²) in [5.41, 5.74) is 1.26. The second kappa shape index (κ2) is 7.47. The second-order valence-electron chi connectivity index (χ2n) is 6.55. The molecule has 0 aromatic carbocycles. The van der Waals surface area contributed by atoms with Crippen LogP contribution in [0.4, 0.5) is 19.1 Å². The summed E-state index contributed by atoms with van der Waals surface area (Å²) in [5, 5.41) is 3.10. The van der Waals surface area contributed by atoms with Gasteiger partial charge in [-0.15, -0.1) is 0 Å². The Morgan fingerprint density at radius 1 is 1.34 bits per heavy atom. The molecule has 0 saturated carbocycles. The maximum atomic E-state index is 12.4. The highest BCUT2D eigenvalue weighted by Crippen LogP contribution is 2.29. The van der Waals surface area contributed by atoms with E-state index in [9.17, 15) is 18.0 Å². The molecular weight excluding hydrogens is 411 g/mol. The number of nitrogens with one attached hydrogen (secondary N) is 2. The van der Waals surface area contributed by atoms with Crippen LogP contribution >= 0.6 is 11.6 Å². The number of aromatic nitrogens is 5. The molecule has 1 aliphatic rings. The lowest BCUT2D eigenvalue weighted by Gasteiger charge is -2.24. The highest BCUT2D eigenvalue weighted by atomic mass is 35.5. The molecule has 1 fully saturated rings. The number of anilines is 1. The van der Waals surface area contributed by atoms with Gasteiger partial charge in [0.25, 0.3) is 0 Å². The van der Waals surface area contributed by atoms with E-state index < -0.39 is 24.7 Å². The number of halogens is 4. The minimum Gasteiger partial charge on any atom is -0.345 e. The Morgan fingerprint density at radius 3 is 2.97 bits per heavy atom. The van der Waals surface area contributed by atoms with Gasteiger partial charge in [0.05, 0.1) is 5.02 Å². The van der Waals surface area contributed by atoms with Gasteiger partial charge < -0.3 is 15.2 Å². The Kier molecular flexibility index (Phi) is 4.99. The van der Waals surface area contributed by atoms with Gasteiger partial charge in [-0.2, -0.15) is 18.2 Å². The number of alkyl halides is 3. The van der Waals surface area contributed by atoms with E-state index in [0.29, 0.717) is 41.4 Å². The van der Waals surface area contributed by atoms with Crippen LogP contribution < -0.4 is 10.2 Å². The second-order valence-corrected chi connectivity index (χ2v) is 6.98. The molecule has 0 aliphatic carbocycles. The standard InChI is InChI=1S/C17H15ClF3N7O/c18-9-4-10-11(6-23-13(10)22-5-9)14-25-8-26-16(27-14)28-3-1-2-12(28)15(29)24-7-17(19,20)21/h4-6,8,12H,1-3,7H2,(H,22,23)(H,24,29)/t12-/m0/s1. The zero-order chi connectivity index (χ0) is 20.6. The number of aromatic amines is 1. The Labute approximate surface area is 167 Å². The van der Waals surface area contributed by atoms with Crippen LogP contribution in [0, 0.1) is 0 Å². The lowest BCUT2D eigenvalue weighted by atomic mass is 10.2. The maximum absolute atomic E-state index is 12.4. The molecule has 1 aliphatic heterocycles. The molecule has 29 heavy (non-hydrogen) atoms. The normalized spacial score (nSPS) is 17.1. The van der Waals surface area contributed by atoms with Crippen molar-refractivity contribution in [1.82, 2.24) is 30.2 Å². The van der Waals surface area contributed by atoms with Crippen LogP contribution in [0.5, 0.6) is 0 Å². The van der Waals surface area contributed by atoms with E-state index in [1.165, 1.54) is 12.5 Å². The summed E-state index contributed by atoms with van der Waals surface area (Å²) in [6.07, 6.45) is 1.08. The van der Waals surface area contributed by atoms with E-state index in [1.807, 2.05) is 5.32 Å². The molecule has 152 valence electrons. The van der Waals surface area contributed by atoms with Crippen molar-refractivity contribution < 1.29 is 18.0 Å². The number of carbonyl (C=O) groups excluding carboxylic acids is 1. The fourth-order valence-electron chi connectivity index (χ4n) is 3.30. The van der Waals surface area contributed by atoms with Crippen molar-refractivity contribution in [1.29, 1.82) is 0 Å². The molecule has 0 bridgehead atoms. The highest BCUT2D eigenvalue weighted by Gasteiger charge is 2.35. The molecule has 8 nitrogen and oxygen atoms in total. The smallest absolute Gasteiger partial charge is 0.345 e. The summed E-state index contributed by atoms with van der Waals surface area (Å²) in [6.45, 7) is -0.920. The molecule has 0 unspecified atom stereocenters. The van der Waals surface area contributed by atoms with E-state index in [1.54, 1.807) is 17.2 Å². The first-order valence-corrected chi connectivity index (χ1v) is 9.13. The van der Waals surface area contributed by atoms with Crippen LogP contribution in [0.15, 0.2) is 24.8 Å². The monoisotopic (exact) mass is 425 g/mol. The molecule has 2 N–H and O–H groups in total. The number of amides is 1. The van der Waals surface area contributed by atoms with Crippen molar-refractivity contribution in [2.24, 2.45) is 0 Å². The topological polar surface area (TPSA) is 99.7 Å². The Balaban J connectivity index is 1.61. The zero-order valence-corrected chi connectivity index (χ0v) is 15.6.